The van der Waals surface area contributed by atoms with E-state index in [0.717, 1.165) is 10.6 Å². The number of aryl methyl sites for hydroxylation is 1. The van der Waals surface area contributed by atoms with Crippen LogP contribution in [0, 0.1) is 30.2 Å². The van der Waals surface area contributed by atoms with Gasteiger partial charge in [-0.05, 0) is 18.6 Å². The van der Waals surface area contributed by atoms with Gasteiger partial charge < -0.3 is 5.73 Å². The van der Waals surface area contributed by atoms with Crippen molar-refractivity contribution in [2.24, 2.45) is 0 Å². The maximum atomic E-state index is 13.9. The maximum Gasteiger partial charge on any atom is 0.206 e. The fourth-order valence-electron chi connectivity index (χ4n) is 2.16. The highest BCUT2D eigenvalue weighted by molar-refractivity contribution is 5.81. The van der Waals surface area contributed by atoms with E-state index in [9.17, 15) is 17.6 Å². The molecule has 2 N–H and O–H groups in total. The molecular weight excluding hydrogens is 286 g/mol. The monoisotopic (exact) mass is 295 g/mol. The van der Waals surface area contributed by atoms with Crippen LogP contribution in [0.3, 0.4) is 0 Å². The first-order valence-electron chi connectivity index (χ1n) is 5.97. The summed E-state index contributed by atoms with van der Waals surface area (Å²) in [5.74, 6) is -4.16. The minimum atomic E-state index is -1.30. The maximum absolute atomic E-state index is 13.9. The Kier molecular flexibility index (Phi) is 2.86. The summed E-state index contributed by atoms with van der Waals surface area (Å²) in [6.45, 7) is 1.52. The highest BCUT2D eigenvalue weighted by atomic mass is 19.2. The standard InChI is InChI=1S/C14H9F4N3/c1-6-2-13-11(4-7(6)15)20-14(19)21(13)12-5-9(17)8(16)3-10(12)18/h2-5H,1H3,(H2,19,20). The van der Waals surface area contributed by atoms with Crippen LogP contribution in [0.4, 0.5) is 23.5 Å². The molecule has 1 heterocycles. The fraction of sp³-hybridized carbons (Fsp3) is 0.0714. The molecule has 1 aromatic heterocycles. The van der Waals surface area contributed by atoms with Crippen molar-refractivity contribution in [3.63, 3.8) is 0 Å². The van der Waals surface area contributed by atoms with Crippen molar-refractivity contribution in [1.82, 2.24) is 9.55 Å². The first-order chi connectivity index (χ1) is 9.88. The average Bonchev–Trinajstić information content (AvgIpc) is 2.70. The third kappa shape index (κ3) is 2.01. The Hall–Kier alpha value is -2.57. The van der Waals surface area contributed by atoms with Crippen LogP contribution in [0.1, 0.15) is 5.56 Å². The second kappa shape index (κ2) is 4.47. The number of halogens is 4. The summed E-state index contributed by atoms with van der Waals surface area (Å²) >= 11 is 0. The molecule has 0 aliphatic heterocycles. The Balaban J connectivity index is 2.37. The number of fused-ring (bicyclic) bond motifs is 1. The topological polar surface area (TPSA) is 43.8 Å². The van der Waals surface area contributed by atoms with Crippen LogP contribution >= 0.6 is 0 Å². The van der Waals surface area contributed by atoms with Gasteiger partial charge in [-0.1, -0.05) is 0 Å². The van der Waals surface area contributed by atoms with Crippen molar-refractivity contribution in [2.75, 3.05) is 5.73 Å². The lowest BCUT2D eigenvalue weighted by atomic mass is 10.2. The lowest BCUT2D eigenvalue weighted by Crippen LogP contribution is -2.05. The van der Waals surface area contributed by atoms with Gasteiger partial charge in [-0.15, -0.1) is 0 Å². The molecule has 0 amide bonds. The van der Waals surface area contributed by atoms with Crippen molar-refractivity contribution in [3.05, 3.63) is 53.1 Å². The Morgan fingerprint density at radius 1 is 0.905 bits per heavy atom. The molecule has 0 spiro atoms. The number of hydrogen-bond acceptors (Lipinski definition) is 2. The average molecular weight is 295 g/mol. The minimum absolute atomic E-state index is 0.153. The van der Waals surface area contributed by atoms with Crippen LogP contribution in [-0.2, 0) is 0 Å². The molecule has 0 aliphatic rings. The molecule has 0 radical (unpaired) electrons. The van der Waals surface area contributed by atoms with Crippen molar-refractivity contribution in [2.45, 2.75) is 6.92 Å². The molecule has 108 valence electrons. The zero-order valence-corrected chi connectivity index (χ0v) is 10.8. The lowest BCUT2D eigenvalue weighted by Gasteiger charge is -2.09. The third-order valence-electron chi connectivity index (χ3n) is 3.19. The first kappa shape index (κ1) is 13.4. The van der Waals surface area contributed by atoms with Gasteiger partial charge in [0.05, 0.1) is 16.7 Å². The number of hydrogen-bond donors (Lipinski definition) is 1. The van der Waals surface area contributed by atoms with Gasteiger partial charge in [-0.2, -0.15) is 0 Å². The number of aromatic nitrogens is 2. The number of imidazole rings is 1. The Morgan fingerprint density at radius 2 is 1.57 bits per heavy atom. The molecule has 0 bridgehead atoms. The number of nitrogens with two attached hydrogens (primary N) is 1. The second-order valence-electron chi connectivity index (χ2n) is 4.61. The second-order valence-corrected chi connectivity index (χ2v) is 4.61. The molecule has 3 nitrogen and oxygen atoms in total. The highest BCUT2D eigenvalue weighted by Gasteiger charge is 2.17. The molecule has 7 heteroatoms. The van der Waals surface area contributed by atoms with E-state index in [1.807, 2.05) is 0 Å². The molecule has 0 fully saturated rings. The van der Waals surface area contributed by atoms with Crippen molar-refractivity contribution >= 4 is 17.0 Å². The van der Waals surface area contributed by atoms with Crippen LogP contribution in [0.2, 0.25) is 0 Å². The van der Waals surface area contributed by atoms with E-state index in [-0.39, 0.29) is 17.2 Å². The van der Waals surface area contributed by atoms with Gasteiger partial charge in [0.1, 0.15) is 11.6 Å². The van der Waals surface area contributed by atoms with E-state index < -0.39 is 23.3 Å². The number of nitrogen functional groups attached to an aromatic ring is 1. The molecule has 21 heavy (non-hydrogen) atoms. The van der Waals surface area contributed by atoms with E-state index in [4.69, 9.17) is 5.73 Å². The van der Waals surface area contributed by atoms with E-state index in [1.54, 1.807) is 0 Å². The lowest BCUT2D eigenvalue weighted by molar-refractivity contribution is 0.493. The summed E-state index contributed by atoms with van der Waals surface area (Å²) in [6.07, 6.45) is 0. The summed E-state index contributed by atoms with van der Waals surface area (Å²) < 4.78 is 54.9. The summed E-state index contributed by atoms with van der Waals surface area (Å²) in [5.41, 5.74) is 6.19. The van der Waals surface area contributed by atoms with Crippen LogP contribution < -0.4 is 5.73 Å². The summed E-state index contributed by atoms with van der Waals surface area (Å²) in [6, 6.07) is 3.66. The first-order valence-corrected chi connectivity index (χ1v) is 5.97. The molecule has 3 rings (SSSR count). The normalized spacial score (nSPS) is 11.3. The Bertz CT molecular complexity index is 871. The fourth-order valence-corrected chi connectivity index (χ4v) is 2.16. The van der Waals surface area contributed by atoms with Gasteiger partial charge in [0.25, 0.3) is 0 Å². The van der Waals surface area contributed by atoms with Gasteiger partial charge >= 0.3 is 0 Å². The van der Waals surface area contributed by atoms with Crippen molar-refractivity contribution in [3.8, 4) is 5.69 Å². The smallest absolute Gasteiger partial charge is 0.206 e. The summed E-state index contributed by atoms with van der Waals surface area (Å²) in [5, 5.41) is 0. The van der Waals surface area contributed by atoms with Gasteiger partial charge in [0, 0.05) is 18.2 Å². The molecule has 3 aromatic rings. The molecule has 0 saturated carbocycles. The van der Waals surface area contributed by atoms with Crippen molar-refractivity contribution < 1.29 is 17.6 Å². The molecule has 0 saturated heterocycles. The number of anilines is 1. The molecule has 0 aliphatic carbocycles. The Labute approximate surface area is 116 Å². The van der Waals surface area contributed by atoms with Crippen LogP contribution in [0.5, 0.6) is 0 Å². The van der Waals surface area contributed by atoms with Gasteiger partial charge in [-0.25, -0.2) is 22.5 Å². The predicted molar refractivity (Wildman–Crippen MR) is 70.1 cm³/mol. The summed E-state index contributed by atoms with van der Waals surface area (Å²) in [4.78, 5) is 3.90. The van der Waals surface area contributed by atoms with E-state index in [2.05, 4.69) is 4.98 Å². The Morgan fingerprint density at radius 3 is 2.29 bits per heavy atom. The quantitative estimate of drug-likeness (QED) is 0.552. The van der Waals surface area contributed by atoms with Gasteiger partial charge in [-0.3, -0.25) is 4.57 Å². The van der Waals surface area contributed by atoms with E-state index in [0.29, 0.717) is 23.2 Å². The predicted octanol–water partition coefficient (Wildman–Crippen LogP) is 3.47. The molecule has 2 aromatic carbocycles. The van der Waals surface area contributed by atoms with E-state index in [1.165, 1.54) is 13.0 Å². The molecule has 0 unspecified atom stereocenters. The van der Waals surface area contributed by atoms with Crippen molar-refractivity contribution in [1.29, 1.82) is 0 Å². The number of benzene rings is 2. The zero-order chi connectivity index (χ0) is 15.3. The van der Waals surface area contributed by atoms with Crippen LogP contribution in [0.15, 0.2) is 24.3 Å². The largest absolute Gasteiger partial charge is 0.369 e. The summed E-state index contributed by atoms with van der Waals surface area (Å²) in [7, 11) is 0. The minimum Gasteiger partial charge on any atom is -0.369 e. The van der Waals surface area contributed by atoms with Crippen LogP contribution in [-0.4, -0.2) is 9.55 Å². The van der Waals surface area contributed by atoms with Crippen LogP contribution in [0.25, 0.3) is 16.7 Å². The van der Waals surface area contributed by atoms with Gasteiger partial charge in [0.2, 0.25) is 5.95 Å². The SMILES string of the molecule is Cc1cc2c(cc1F)nc(N)n2-c1cc(F)c(F)cc1F. The number of rotatable bonds is 1. The number of nitrogens with zero attached hydrogens (tertiary/aromatic N) is 2. The highest BCUT2D eigenvalue weighted by Crippen LogP contribution is 2.27. The molecular formula is C14H9F4N3. The zero-order valence-electron chi connectivity index (χ0n) is 10.8. The van der Waals surface area contributed by atoms with E-state index >= 15 is 0 Å². The van der Waals surface area contributed by atoms with Gasteiger partial charge in [0.15, 0.2) is 11.6 Å². The third-order valence-corrected chi connectivity index (χ3v) is 3.19. The molecule has 0 atom stereocenters.